The Kier molecular flexibility index (Phi) is 4.07. The zero-order chi connectivity index (χ0) is 12.1. The van der Waals surface area contributed by atoms with Gasteiger partial charge in [-0.2, -0.15) is 0 Å². The van der Waals surface area contributed by atoms with Gasteiger partial charge in [0, 0.05) is 0 Å². The van der Waals surface area contributed by atoms with Crippen molar-refractivity contribution >= 4 is 19.6 Å². The fourth-order valence-electron chi connectivity index (χ4n) is 1.43. The predicted molar refractivity (Wildman–Crippen MR) is 66.6 cm³/mol. The van der Waals surface area contributed by atoms with E-state index in [1.165, 1.54) is 6.07 Å². The van der Waals surface area contributed by atoms with E-state index in [1.54, 1.807) is 18.2 Å². The quantitative estimate of drug-likeness (QED) is 0.792. The van der Waals surface area contributed by atoms with E-state index in [0.717, 1.165) is 5.56 Å². The molecule has 1 nitrogen and oxygen atoms in total. The van der Waals surface area contributed by atoms with Gasteiger partial charge in [0.15, 0.2) is 0 Å². The average Bonchev–Trinajstić information content (AvgIpc) is 2.38. The third-order valence-electron chi connectivity index (χ3n) is 2.31. The number of carbonyl (C=O) groups excluding carboxylic acids is 1. The minimum atomic E-state index is -0.424. The van der Waals surface area contributed by atoms with Gasteiger partial charge in [-0.25, -0.2) is 0 Å². The molecule has 0 bridgehead atoms. The standard InChI is InChI=1S/C14H11FOSe/c15-13-9-5-4-8-12(13)14(16)17-10-11-6-2-1-3-7-11/h1-9H,10H2. The van der Waals surface area contributed by atoms with Crippen LogP contribution in [-0.4, -0.2) is 19.6 Å². The first kappa shape index (κ1) is 12.0. The molecule has 0 aliphatic heterocycles. The SMILES string of the molecule is O=C([Se]Cc1ccccc1)c1ccccc1F. The summed E-state index contributed by atoms with van der Waals surface area (Å²) in [4.78, 5) is 11.8. The Labute approximate surface area is 106 Å². The van der Waals surface area contributed by atoms with Crippen LogP contribution in [0.2, 0.25) is 0 Å². The number of benzene rings is 2. The molecule has 0 aliphatic rings. The minimum absolute atomic E-state index is 0.0838. The van der Waals surface area contributed by atoms with Crippen molar-refractivity contribution in [1.82, 2.24) is 0 Å². The van der Waals surface area contributed by atoms with Gasteiger partial charge in [0.25, 0.3) is 0 Å². The Morgan fingerprint density at radius 2 is 1.65 bits per heavy atom. The maximum atomic E-state index is 13.4. The molecule has 0 saturated heterocycles. The molecule has 0 N–H and O–H groups in total. The van der Waals surface area contributed by atoms with Crippen LogP contribution in [0.15, 0.2) is 54.6 Å². The molecule has 3 heteroatoms. The molecule has 0 amide bonds. The van der Waals surface area contributed by atoms with Crippen molar-refractivity contribution in [2.24, 2.45) is 0 Å². The summed E-state index contributed by atoms with van der Waals surface area (Å²) in [5, 5.41) is 0.709. The van der Waals surface area contributed by atoms with Crippen LogP contribution in [-0.2, 0) is 5.32 Å². The summed E-state index contributed by atoms with van der Waals surface area (Å²) < 4.78 is 13.3. The van der Waals surface area contributed by atoms with Gasteiger partial charge >= 0.3 is 106 Å². The molecule has 2 aromatic rings. The van der Waals surface area contributed by atoms with E-state index in [4.69, 9.17) is 0 Å². The van der Waals surface area contributed by atoms with Crippen molar-refractivity contribution in [1.29, 1.82) is 0 Å². The van der Waals surface area contributed by atoms with Crippen molar-refractivity contribution in [3.63, 3.8) is 0 Å². The van der Waals surface area contributed by atoms with Crippen LogP contribution >= 0.6 is 0 Å². The number of hydrogen-bond acceptors (Lipinski definition) is 1. The van der Waals surface area contributed by atoms with Crippen molar-refractivity contribution in [3.05, 3.63) is 71.5 Å². The average molecular weight is 293 g/mol. The molecule has 0 heterocycles. The Morgan fingerprint density at radius 3 is 2.35 bits per heavy atom. The van der Waals surface area contributed by atoms with Crippen LogP contribution in [0.25, 0.3) is 0 Å². The van der Waals surface area contributed by atoms with Crippen molar-refractivity contribution in [2.75, 3.05) is 0 Å². The van der Waals surface area contributed by atoms with Crippen LogP contribution in [0.3, 0.4) is 0 Å². The fourth-order valence-corrected chi connectivity index (χ4v) is 3.13. The summed E-state index contributed by atoms with van der Waals surface area (Å²) in [6.07, 6.45) is 0. The Hall–Kier alpha value is -1.44. The Bertz CT molecular complexity index is 511. The Morgan fingerprint density at radius 1 is 1.00 bits per heavy atom. The molecule has 86 valence electrons. The van der Waals surface area contributed by atoms with Crippen LogP contribution in [0, 0.1) is 5.82 Å². The van der Waals surface area contributed by atoms with E-state index in [-0.39, 0.29) is 25.2 Å². The monoisotopic (exact) mass is 294 g/mol. The topological polar surface area (TPSA) is 17.1 Å². The van der Waals surface area contributed by atoms with Gasteiger partial charge in [-0.3, -0.25) is 0 Å². The molecule has 17 heavy (non-hydrogen) atoms. The van der Waals surface area contributed by atoms with Crippen molar-refractivity contribution in [3.8, 4) is 0 Å². The van der Waals surface area contributed by atoms with Gasteiger partial charge in [0.05, 0.1) is 0 Å². The molecule has 0 spiro atoms. The number of halogens is 1. The van der Waals surface area contributed by atoms with Gasteiger partial charge in [-0.05, 0) is 0 Å². The van der Waals surface area contributed by atoms with Gasteiger partial charge in [-0.15, -0.1) is 0 Å². The summed E-state index contributed by atoms with van der Waals surface area (Å²) in [6.45, 7) is 0. The van der Waals surface area contributed by atoms with Gasteiger partial charge in [0.1, 0.15) is 0 Å². The first-order chi connectivity index (χ1) is 8.27. The van der Waals surface area contributed by atoms with Crippen LogP contribution in [0.4, 0.5) is 4.39 Å². The van der Waals surface area contributed by atoms with Crippen molar-refractivity contribution in [2.45, 2.75) is 5.32 Å². The van der Waals surface area contributed by atoms with Crippen LogP contribution < -0.4 is 0 Å². The Balaban J connectivity index is 2.01. The van der Waals surface area contributed by atoms with E-state index >= 15 is 0 Å². The molecule has 2 aromatic carbocycles. The fraction of sp³-hybridized carbons (Fsp3) is 0.0714. The molecule has 2 rings (SSSR count). The zero-order valence-corrected chi connectivity index (χ0v) is 10.8. The first-order valence-corrected chi connectivity index (χ1v) is 7.30. The zero-order valence-electron chi connectivity index (χ0n) is 9.10. The summed E-state index contributed by atoms with van der Waals surface area (Å²) in [5.41, 5.74) is 1.33. The second-order valence-electron chi connectivity index (χ2n) is 3.54. The molecule has 0 radical (unpaired) electrons. The number of carbonyl (C=O) groups is 1. The van der Waals surface area contributed by atoms with Gasteiger partial charge in [0.2, 0.25) is 0 Å². The normalized spacial score (nSPS) is 10.2. The number of hydrogen-bond donors (Lipinski definition) is 0. The van der Waals surface area contributed by atoms with Gasteiger partial charge < -0.3 is 0 Å². The third kappa shape index (κ3) is 3.26. The molecule has 0 unspecified atom stereocenters. The molecule has 0 fully saturated rings. The van der Waals surface area contributed by atoms with E-state index in [0.29, 0.717) is 5.32 Å². The summed E-state index contributed by atoms with van der Waals surface area (Å²) in [5.74, 6) is -0.424. The molecule has 0 aromatic heterocycles. The third-order valence-corrected chi connectivity index (χ3v) is 4.32. The van der Waals surface area contributed by atoms with E-state index in [1.807, 2.05) is 30.3 Å². The summed E-state index contributed by atoms with van der Waals surface area (Å²) >= 11 is -0.246. The second kappa shape index (κ2) is 5.76. The van der Waals surface area contributed by atoms with Crippen LogP contribution in [0.1, 0.15) is 15.9 Å². The second-order valence-corrected chi connectivity index (χ2v) is 5.53. The molecule has 0 aliphatic carbocycles. The molecule has 0 saturated carbocycles. The first-order valence-electron chi connectivity index (χ1n) is 5.23. The number of rotatable bonds is 4. The molecular weight excluding hydrogens is 282 g/mol. The van der Waals surface area contributed by atoms with E-state index in [2.05, 4.69) is 0 Å². The maximum absolute atomic E-state index is 13.4. The van der Waals surface area contributed by atoms with E-state index < -0.39 is 5.82 Å². The van der Waals surface area contributed by atoms with Crippen molar-refractivity contribution < 1.29 is 9.18 Å². The summed E-state index contributed by atoms with van der Waals surface area (Å²) in [7, 11) is 0. The summed E-state index contributed by atoms with van der Waals surface area (Å²) in [6, 6.07) is 15.9. The predicted octanol–water partition coefficient (Wildman–Crippen LogP) is 2.87. The molecule has 0 atom stereocenters. The van der Waals surface area contributed by atoms with Crippen LogP contribution in [0.5, 0.6) is 0 Å². The van der Waals surface area contributed by atoms with E-state index in [9.17, 15) is 9.18 Å². The molecular formula is C14H11FOSe. The van der Waals surface area contributed by atoms with Gasteiger partial charge in [-0.1, -0.05) is 0 Å².